The Morgan fingerprint density at radius 1 is 0.451 bits per heavy atom. The van der Waals surface area contributed by atoms with Gasteiger partial charge in [0.15, 0.2) is 5.82 Å². The molecule has 238 valence electrons. The number of aromatic nitrogens is 3. The number of furan rings is 1. The first-order chi connectivity index (χ1) is 25.3. The number of thiophene rings is 1. The van der Waals surface area contributed by atoms with E-state index in [0.717, 1.165) is 71.9 Å². The normalized spacial score (nSPS) is 11.9. The van der Waals surface area contributed by atoms with E-state index in [0.29, 0.717) is 5.82 Å². The van der Waals surface area contributed by atoms with Crippen molar-refractivity contribution >= 4 is 75.3 Å². The van der Waals surface area contributed by atoms with Crippen LogP contribution in [0, 0.1) is 0 Å². The molecule has 11 rings (SSSR count). The van der Waals surface area contributed by atoms with Crippen molar-refractivity contribution in [3.8, 4) is 39.6 Å². The smallest absolute Gasteiger partial charge is 0.163 e. The van der Waals surface area contributed by atoms with Crippen LogP contribution in [-0.2, 0) is 0 Å². The molecule has 4 aromatic heterocycles. The molecule has 0 N–H and O–H groups in total. The molecule has 0 radical (unpaired) electrons. The predicted molar refractivity (Wildman–Crippen MR) is 213 cm³/mol. The first-order valence-electron chi connectivity index (χ1n) is 17.1. The van der Waals surface area contributed by atoms with Gasteiger partial charge in [-0.25, -0.2) is 9.97 Å². The minimum Gasteiger partial charge on any atom is -0.456 e. The molecule has 0 aliphatic rings. The van der Waals surface area contributed by atoms with E-state index < -0.39 is 0 Å². The molecule has 4 nitrogen and oxygen atoms in total. The van der Waals surface area contributed by atoms with Crippen LogP contribution in [0.25, 0.3) is 104 Å². The van der Waals surface area contributed by atoms with Crippen molar-refractivity contribution in [2.24, 2.45) is 0 Å². The third-order valence-electron chi connectivity index (χ3n) is 10.0. The monoisotopic (exact) mass is 669 g/mol. The largest absolute Gasteiger partial charge is 0.456 e. The van der Waals surface area contributed by atoms with Crippen LogP contribution in [0.4, 0.5) is 0 Å². The second-order valence-corrected chi connectivity index (χ2v) is 14.0. The first kappa shape index (κ1) is 28.3. The molecule has 11 aromatic rings. The van der Waals surface area contributed by atoms with Crippen molar-refractivity contribution in [1.82, 2.24) is 14.5 Å². The SMILES string of the molecule is c1ccc(-c2cccc(-c3cc(-n4c5ccccc5c5cc6oc7ccccc7c6cc54)nc(-c4cccc5c4sc4ccccc45)n3)c2)cc1. The maximum atomic E-state index is 6.36. The zero-order valence-electron chi connectivity index (χ0n) is 27.2. The van der Waals surface area contributed by atoms with E-state index in [-0.39, 0.29) is 0 Å². The highest BCUT2D eigenvalue weighted by atomic mass is 32.1. The van der Waals surface area contributed by atoms with Crippen molar-refractivity contribution < 1.29 is 4.42 Å². The summed E-state index contributed by atoms with van der Waals surface area (Å²) >= 11 is 1.80. The Morgan fingerprint density at radius 3 is 2.10 bits per heavy atom. The summed E-state index contributed by atoms with van der Waals surface area (Å²) in [7, 11) is 0. The molecular formula is C46H27N3OS. The number of fused-ring (bicyclic) bond motifs is 9. The zero-order valence-corrected chi connectivity index (χ0v) is 28.1. The number of nitrogens with zero attached hydrogens (tertiary/aromatic N) is 3. The summed E-state index contributed by atoms with van der Waals surface area (Å²) in [5.41, 5.74) is 9.17. The average Bonchev–Trinajstić information content (AvgIpc) is 3.86. The Labute approximate surface area is 296 Å². The second kappa shape index (κ2) is 11.0. The van der Waals surface area contributed by atoms with Crippen LogP contribution < -0.4 is 0 Å². The standard InChI is InChI=1S/C46H27N3OS/c1-2-12-28(13-3-1)29-14-10-15-30(24-29)38-27-44(48-46(47-38)35-20-11-19-34-33-18-6-9-23-43(33)51-45(34)35)49-39-21-7-4-16-31(39)36-26-42-37(25-40(36)49)32-17-5-8-22-41(32)50-42/h1-27H. The summed E-state index contributed by atoms with van der Waals surface area (Å²) in [5.74, 6) is 1.52. The van der Waals surface area contributed by atoms with E-state index in [1.165, 1.54) is 25.7 Å². The molecule has 0 fully saturated rings. The van der Waals surface area contributed by atoms with E-state index in [1.807, 2.05) is 12.1 Å². The van der Waals surface area contributed by atoms with Gasteiger partial charge in [0.1, 0.15) is 17.0 Å². The Balaban J connectivity index is 1.22. The summed E-state index contributed by atoms with van der Waals surface area (Å²) in [6.07, 6.45) is 0. The predicted octanol–water partition coefficient (Wildman–Crippen LogP) is 12.8. The fourth-order valence-electron chi connectivity index (χ4n) is 7.66. The van der Waals surface area contributed by atoms with Crippen molar-refractivity contribution in [1.29, 1.82) is 0 Å². The molecule has 0 amide bonds. The van der Waals surface area contributed by atoms with E-state index in [9.17, 15) is 0 Å². The van der Waals surface area contributed by atoms with Crippen LogP contribution in [0.1, 0.15) is 0 Å². The van der Waals surface area contributed by atoms with Gasteiger partial charge < -0.3 is 4.42 Å². The summed E-state index contributed by atoms with van der Waals surface area (Å²) in [6, 6.07) is 57.7. The van der Waals surface area contributed by atoms with E-state index >= 15 is 0 Å². The molecule has 0 atom stereocenters. The van der Waals surface area contributed by atoms with Gasteiger partial charge in [0.25, 0.3) is 0 Å². The Morgan fingerprint density at radius 2 is 1.18 bits per heavy atom. The minimum absolute atomic E-state index is 0.700. The Kier molecular flexibility index (Phi) is 6.09. The highest BCUT2D eigenvalue weighted by Crippen LogP contribution is 2.42. The zero-order chi connectivity index (χ0) is 33.5. The number of hydrogen-bond acceptors (Lipinski definition) is 4. The lowest BCUT2D eigenvalue weighted by molar-refractivity contribution is 0.669. The lowest BCUT2D eigenvalue weighted by atomic mass is 10.0. The van der Waals surface area contributed by atoms with Crippen molar-refractivity contribution in [3.05, 3.63) is 164 Å². The Bertz CT molecular complexity index is 3150. The van der Waals surface area contributed by atoms with Gasteiger partial charge >= 0.3 is 0 Å². The molecule has 0 spiro atoms. The van der Waals surface area contributed by atoms with Crippen molar-refractivity contribution in [2.75, 3.05) is 0 Å². The molecule has 0 aliphatic heterocycles. The lowest BCUT2D eigenvalue weighted by Crippen LogP contribution is -2.02. The van der Waals surface area contributed by atoms with Gasteiger partial charge in [0.05, 0.1) is 16.7 Å². The summed E-state index contributed by atoms with van der Waals surface area (Å²) in [4.78, 5) is 10.8. The summed E-state index contributed by atoms with van der Waals surface area (Å²) in [6.45, 7) is 0. The quantitative estimate of drug-likeness (QED) is 0.187. The van der Waals surface area contributed by atoms with E-state index in [2.05, 4.69) is 156 Å². The van der Waals surface area contributed by atoms with Gasteiger partial charge in [-0.1, -0.05) is 115 Å². The van der Waals surface area contributed by atoms with Crippen LogP contribution in [-0.4, -0.2) is 14.5 Å². The number of para-hydroxylation sites is 2. The third-order valence-corrected chi connectivity index (χ3v) is 11.2. The van der Waals surface area contributed by atoms with Crippen molar-refractivity contribution in [2.45, 2.75) is 0 Å². The van der Waals surface area contributed by atoms with Gasteiger partial charge in [-0.05, 0) is 53.6 Å². The maximum Gasteiger partial charge on any atom is 0.163 e. The van der Waals surface area contributed by atoms with Crippen LogP contribution in [0.2, 0.25) is 0 Å². The van der Waals surface area contributed by atoms with Crippen LogP contribution in [0.15, 0.2) is 168 Å². The number of benzene rings is 7. The Hall–Kier alpha value is -6.56. The molecule has 0 saturated carbocycles. The highest BCUT2D eigenvalue weighted by Gasteiger charge is 2.20. The van der Waals surface area contributed by atoms with Crippen molar-refractivity contribution in [3.63, 3.8) is 0 Å². The number of hydrogen-bond donors (Lipinski definition) is 0. The number of rotatable bonds is 4. The van der Waals surface area contributed by atoms with Crippen LogP contribution >= 0.6 is 11.3 Å². The van der Waals surface area contributed by atoms with Gasteiger partial charge in [0, 0.05) is 58.9 Å². The summed E-state index contributed by atoms with van der Waals surface area (Å²) in [5, 5.41) is 6.93. The molecule has 0 unspecified atom stereocenters. The second-order valence-electron chi connectivity index (χ2n) is 13.0. The first-order valence-corrected chi connectivity index (χ1v) is 17.9. The lowest BCUT2D eigenvalue weighted by Gasteiger charge is -2.13. The molecule has 0 bridgehead atoms. The topological polar surface area (TPSA) is 43.9 Å². The highest BCUT2D eigenvalue weighted by molar-refractivity contribution is 7.26. The van der Waals surface area contributed by atoms with Gasteiger partial charge in [-0.3, -0.25) is 4.57 Å². The fourth-order valence-corrected chi connectivity index (χ4v) is 8.87. The molecule has 51 heavy (non-hydrogen) atoms. The van der Waals surface area contributed by atoms with Crippen LogP contribution in [0.5, 0.6) is 0 Å². The van der Waals surface area contributed by atoms with Gasteiger partial charge in [-0.2, -0.15) is 0 Å². The molecule has 0 saturated heterocycles. The molecule has 4 heterocycles. The summed E-state index contributed by atoms with van der Waals surface area (Å²) < 4.78 is 11.1. The molecule has 7 aromatic carbocycles. The fraction of sp³-hybridized carbons (Fsp3) is 0. The molecular weight excluding hydrogens is 643 g/mol. The van der Waals surface area contributed by atoms with E-state index in [4.69, 9.17) is 14.4 Å². The minimum atomic E-state index is 0.700. The van der Waals surface area contributed by atoms with Gasteiger partial charge in [0.2, 0.25) is 0 Å². The third kappa shape index (κ3) is 4.38. The maximum absolute atomic E-state index is 6.36. The molecule has 0 aliphatic carbocycles. The van der Waals surface area contributed by atoms with Gasteiger partial charge in [-0.15, -0.1) is 11.3 Å². The van der Waals surface area contributed by atoms with E-state index in [1.54, 1.807) is 11.3 Å². The van der Waals surface area contributed by atoms with Crippen LogP contribution in [0.3, 0.4) is 0 Å². The average molecular weight is 670 g/mol. The molecule has 5 heteroatoms.